The Morgan fingerprint density at radius 2 is 1.89 bits per heavy atom. The van der Waals surface area contributed by atoms with E-state index in [-0.39, 0.29) is 0 Å². The predicted octanol–water partition coefficient (Wildman–Crippen LogP) is 4.96. The minimum Gasteiger partial charge on any atom is -0.359 e. The molecule has 0 saturated heterocycles. The van der Waals surface area contributed by atoms with Crippen LogP contribution in [0.4, 0.5) is 8.78 Å². The van der Waals surface area contributed by atoms with Crippen LogP contribution in [0.25, 0.3) is 10.9 Å². The summed E-state index contributed by atoms with van der Waals surface area (Å²) in [7, 11) is 0. The molecule has 1 aliphatic carbocycles. The molecular formula is C16H19F2N. The molecule has 3 rings (SSSR count). The zero-order chi connectivity index (χ0) is 13.2. The van der Waals surface area contributed by atoms with E-state index in [9.17, 15) is 8.78 Å². The second-order valence-corrected chi connectivity index (χ2v) is 5.67. The Morgan fingerprint density at radius 3 is 2.68 bits per heavy atom. The van der Waals surface area contributed by atoms with Crippen molar-refractivity contribution in [2.45, 2.75) is 44.9 Å². The van der Waals surface area contributed by atoms with Crippen LogP contribution >= 0.6 is 0 Å². The van der Waals surface area contributed by atoms with Crippen LogP contribution in [0, 0.1) is 17.6 Å². The van der Waals surface area contributed by atoms with Crippen molar-refractivity contribution in [1.82, 2.24) is 4.98 Å². The van der Waals surface area contributed by atoms with Crippen molar-refractivity contribution in [3.63, 3.8) is 0 Å². The van der Waals surface area contributed by atoms with E-state index >= 15 is 0 Å². The van der Waals surface area contributed by atoms with Crippen LogP contribution < -0.4 is 0 Å². The standard InChI is InChI=1S/C16H19F2N/c17-13-8-14-12(10-19-16(14)15(18)9-13)7-6-11-4-2-1-3-5-11/h8-11,19H,1-7H2. The van der Waals surface area contributed by atoms with Gasteiger partial charge in [0.1, 0.15) is 11.6 Å². The summed E-state index contributed by atoms with van der Waals surface area (Å²) in [5.41, 5.74) is 1.47. The van der Waals surface area contributed by atoms with E-state index in [0.29, 0.717) is 10.9 Å². The quantitative estimate of drug-likeness (QED) is 0.805. The van der Waals surface area contributed by atoms with Crippen molar-refractivity contribution in [3.05, 3.63) is 35.5 Å². The summed E-state index contributed by atoms with van der Waals surface area (Å²) in [5, 5.41) is 0.702. The fourth-order valence-electron chi connectivity index (χ4n) is 3.25. The molecule has 0 atom stereocenters. The number of aromatic amines is 1. The molecule has 1 saturated carbocycles. The Balaban J connectivity index is 1.77. The van der Waals surface area contributed by atoms with E-state index in [4.69, 9.17) is 0 Å². The van der Waals surface area contributed by atoms with Gasteiger partial charge in [0, 0.05) is 17.6 Å². The van der Waals surface area contributed by atoms with Gasteiger partial charge in [0.2, 0.25) is 0 Å². The van der Waals surface area contributed by atoms with E-state index in [0.717, 1.165) is 30.4 Å². The van der Waals surface area contributed by atoms with Gasteiger partial charge in [-0.15, -0.1) is 0 Å². The first-order valence-electron chi connectivity index (χ1n) is 7.19. The summed E-state index contributed by atoms with van der Waals surface area (Å²) in [4.78, 5) is 2.93. The third kappa shape index (κ3) is 2.65. The number of aryl methyl sites for hydroxylation is 1. The summed E-state index contributed by atoms with van der Waals surface area (Å²) in [6.07, 6.45) is 10.5. The molecule has 1 aromatic carbocycles. The van der Waals surface area contributed by atoms with Gasteiger partial charge in [-0.2, -0.15) is 0 Å². The van der Waals surface area contributed by atoms with Gasteiger partial charge in [0.25, 0.3) is 0 Å². The number of rotatable bonds is 3. The van der Waals surface area contributed by atoms with Crippen molar-refractivity contribution in [2.75, 3.05) is 0 Å². The average Bonchev–Trinajstić information content (AvgIpc) is 2.81. The molecule has 0 amide bonds. The van der Waals surface area contributed by atoms with E-state index in [2.05, 4.69) is 4.98 Å². The molecule has 0 unspecified atom stereocenters. The van der Waals surface area contributed by atoms with Crippen molar-refractivity contribution in [1.29, 1.82) is 0 Å². The summed E-state index contributed by atoms with van der Waals surface area (Å²) >= 11 is 0. The lowest BCUT2D eigenvalue weighted by Gasteiger charge is -2.21. The highest BCUT2D eigenvalue weighted by Crippen LogP contribution is 2.29. The second kappa shape index (κ2) is 5.32. The number of hydrogen-bond donors (Lipinski definition) is 1. The predicted molar refractivity (Wildman–Crippen MR) is 73.1 cm³/mol. The Hall–Kier alpha value is -1.38. The van der Waals surface area contributed by atoms with Crippen molar-refractivity contribution in [2.24, 2.45) is 5.92 Å². The summed E-state index contributed by atoms with van der Waals surface area (Å²) in [5.74, 6) is -0.209. The van der Waals surface area contributed by atoms with Gasteiger partial charge in [-0.1, -0.05) is 32.1 Å². The lowest BCUT2D eigenvalue weighted by atomic mass is 9.85. The topological polar surface area (TPSA) is 15.8 Å². The summed E-state index contributed by atoms with van der Waals surface area (Å²) < 4.78 is 26.9. The van der Waals surface area contributed by atoms with Crippen molar-refractivity contribution in [3.8, 4) is 0 Å². The van der Waals surface area contributed by atoms with Crippen LogP contribution in [-0.4, -0.2) is 4.98 Å². The first kappa shape index (κ1) is 12.6. The monoisotopic (exact) mass is 263 g/mol. The molecule has 19 heavy (non-hydrogen) atoms. The molecule has 0 radical (unpaired) electrons. The molecule has 1 N–H and O–H groups in total. The lowest BCUT2D eigenvalue weighted by Crippen LogP contribution is -2.07. The fourth-order valence-corrected chi connectivity index (χ4v) is 3.25. The van der Waals surface area contributed by atoms with Gasteiger partial charge in [0.15, 0.2) is 0 Å². The van der Waals surface area contributed by atoms with Gasteiger partial charge in [0.05, 0.1) is 5.52 Å². The molecular weight excluding hydrogens is 244 g/mol. The highest BCUT2D eigenvalue weighted by atomic mass is 19.1. The summed E-state index contributed by atoms with van der Waals surface area (Å²) in [6.45, 7) is 0. The summed E-state index contributed by atoms with van der Waals surface area (Å²) in [6, 6.07) is 2.37. The molecule has 1 heterocycles. The molecule has 1 nitrogen and oxygen atoms in total. The van der Waals surface area contributed by atoms with Crippen LogP contribution in [0.3, 0.4) is 0 Å². The number of H-pyrrole nitrogens is 1. The van der Waals surface area contributed by atoms with Gasteiger partial charge < -0.3 is 4.98 Å². The largest absolute Gasteiger partial charge is 0.359 e. The molecule has 1 aromatic heterocycles. The molecule has 1 fully saturated rings. The number of hydrogen-bond acceptors (Lipinski definition) is 0. The average molecular weight is 263 g/mol. The smallest absolute Gasteiger partial charge is 0.150 e. The first-order valence-corrected chi connectivity index (χ1v) is 7.19. The Morgan fingerprint density at radius 1 is 1.11 bits per heavy atom. The molecule has 0 bridgehead atoms. The number of fused-ring (bicyclic) bond motifs is 1. The minimum absolute atomic E-state index is 0.431. The van der Waals surface area contributed by atoms with Crippen LogP contribution in [0.1, 0.15) is 44.1 Å². The zero-order valence-corrected chi connectivity index (χ0v) is 11.0. The number of nitrogens with one attached hydrogen (secondary N) is 1. The maximum Gasteiger partial charge on any atom is 0.150 e. The molecule has 0 spiro atoms. The number of halogens is 2. The Labute approximate surface area is 112 Å². The van der Waals surface area contributed by atoms with E-state index in [1.165, 1.54) is 38.2 Å². The maximum atomic E-state index is 13.6. The molecule has 2 aromatic rings. The third-order valence-electron chi connectivity index (χ3n) is 4.34. The third-order valence-corrected chi connectivity index (χ3v) is 4.34. The van der Waals surface area contributed by atoms with E-state index < -0.39 is 11.6 Å². The molecule has 0 aliphatic heterocycles. The van der Waals surface area contributed by atoms with Crippen LogP contribution in [0.5, 0.6) is 0 Å². The second-order valence-electron chi connectivity index (χ2n) is 5.67. The van der Waals surface area contributed by atoms with Crippen LogP contribution in [0.15, 0.2) is 18.3 Å². The fraction of sp³-hybridized carbons (Fsp3) is 0.500. The van der Waals surface area contributed by atoms with Crippen LogP contribution in [-0.2, 0) is 6.42 Å². The van der Waals surface area contributed by atoms with Crippen molar-refractivity contribution < 1.29 is 8.78 Å². The van der Waals surface area contributed by atoms with Crippen molar-refractivity contribution >= 4 is 10.9 Å². The van der Waals surface area contributed by atoms with Gasteiger partial charge in [-0.25, -0.2) is 8.78 Å². The van der Waals surface area contributed by atoms with E-state index in [1.807, 2.05) is 6.20 Å². The highest BCUT2D eigenvalue weighted by Gasteiger charge is 2.15. The number of benzene rings is 1. The molecule has 3 heteroatoms. The lowest BCUT2D eigenvalue weighted by molar-refractivity contribution is 0.339. The van der Waals surface area contributed by atoms with Crippen LogP contribution in [0.2, 0.25) is 0 Å². The normalized spacial score (nSPS) is 17.2. The van der Waals surface area contributed by atoms with Gasteiger partial charge in [-0.05, 0) is 30.4 Å². The molecule has 1 aliphatic rings. The van der Waals surface area contributed by atoms with Gasteiger partial charge in [-0.3, -0.25) is 0 Å². The zero-order valence-electron chi connectivity index (χ0n) is 11.0. The SMILES string of the molecule is Fc1cc(F)c2[nH]cc(CCC3CCCCC3)c2c1. The molecule has 102 valence electrons. The highest BCUT2D eigenvalue weighted by molar-refractivity contribution is 5.83. The Bertz CT molecular complexity index is 567. The van der Waals surface area contributed by atoms with E-state index in [1.54, 1.807) is 0 Å². The minimum atomic E-state index is -0.501. The Kier molecular flexibility index (Phi) is 3.54. The first-order chi connectivity index (χ1) is 9.24. The number of aromatic nitrogens is 1. The maximum absolute atomic E-state index is 13.6. The van der Waals surface area contributed by atoms with Gasteiger partial charge >= 0.3 is 0 Å².